The molecular weight excluding hydrogens is 500 g/mol. The summed E-state index contributed by atoms with van der Waals surface area (Å²) in [4.78, 5) is 40.3. The number of aryl methyl sites for hydroxylation is 2. The van der Waals surface area contributed by atoms with Gasteiger partial charge in [-0.1, -0.05) is 59.3 Å². The molecule has 8 nitrogen and oxygen atoms in total. The first-order chi connectivity index (χ1) is 17.2. The zero-order chi connectivity index (χ0) is 26.1. The van der Waals surface area contributed by atoms with E-state index in [0.717, 1.165) is 27.8 Å². The number of amides is 2. The van der Waals surface area contributed by atoms with Crippen molar-refractivity contribution in [2.24, 2.45) is 5.73 Å². The van der Waals surface area contributed by atoms with E-state index < -0.39 is 29.0 Å². The minimum Gasteiger partial charge on any atom is -0.469 e. The molecule has 0 radical (unpaired) electrons. The largest absolute Gasteiger partial charge is 0.469 e. The number of methoxy groups -OCH3 is 1. The fraction of sp³-hybridized carbons (Fsp3) is 0.231. The lowest BCUT2D eigenvalue weighted by molar-refractivity contribution is -0.142. The van der Waals surface area contributed by atoms with Crippen LogP contribution in [-0.4, -0.2) is 35.0 Å². The van der Waals surface area contributed by atoms with Crippen LogP contribution in [0, 0.1) is 25.2 Å². The van der Waals surface area contributed by atoms with Crippen LogP contribution in [0.25, 0.3) is 0 Å². The zero-order valence-corrected chi connectivity index (χ0v) is 21.4. The van der Waals surface area contributed by atoms with E-state index in [1.807, 2.05) is 26.0 Å². The molecule has 0 aliphatic carbocycles. The maximum absolute atomic E-state index is 13.9. The van der Waals surface area contributed by atoms with E-state index >= 15 is 0 Å². The Morgan fingerprint density at radius 3 is 2.61 bits per heavy atom. The van der Waals surface area contributed by atoms with Gasteiger partial charge in [-0.2, -0.15) is 5.26 Å². The van der Waals surface area contributed by atoms with Crippen molar-refractivity contribution in [1.82, 2.24) is 4.90 Å². The quantitative estimate of drug-likeness (QED) is 0.566. The number of anilines is 1. The summed E-state index contributed by atoms with van der Waals surface area (Å²) in [6, 6.07) is 14.5. The molecule has 2 aliphatic heterocycles. The molecule has 184 valence electrons. The molecule has 2 aromatic carbocycles. The van der Waals surface area contributed by atoms with Crippen LogP contribution < -0.4 is 11.1 Å². The number of rotatable bonds is 5. The topological polar surface area (TPSA) is 126 Å². The second kappa shape index (κ2) is 10.1. The average Bonchev–Trinajstić information content (AvgIpc) is 3.16. The predicted molar refractivity (Wildman–Crippen MR) is 137 cm³/mol. The highest BCUT2D eigenvalue weighted by Gasteiger charge is 2.49. The van der Waals surface area contributed by atoms with Crippen LogP contribution in [0.2, 0.25) is 5.02 Å². The molecule has 0 bridgehead atoms. The Morgan fingerprint density at radius 2 is 1.97 bits per heavy atom. The molecular formula is C26H23ClN4O4S. The van der Waals surface area contributed by atoms with Gasteiger partial charge in [-0.3, -0.25) is 19.3 Å². The lowest BCUT2D eigenvalue weighted by Gasteiger charge is -2.32. The lowest BCUT2D eigenvalue weighted by Crippen LogP contribution is -2.39. The Hall–Kier alpha value is -3.74. The molecule has 0 saturated carbocycles. The van der Waals surface area contributed by atoms with Crippen LogP contribution >= 0.6 is 23.4 Å². The molecule has 2 aromatic rings. The standard InChI is InChI=1S/C26H23ClN4O4S/c1-13-8-9-18(14(2)10-13)30-24(33)22-21(15-6-4-5-7-17(15)27)16(12-28)23(29)31-25(34)19(36-26(22)31)11-20(32)35-3/h4-10,19,21H,11,29H2,1-3H3,(H,30,33)/t19-,21-/m1/s1. The van der Waals surface area contributed by atoms with Crippen molar-refractivity contribution in [2.45, 2.75) is 31.4 Å². The van der Waals surface area contributed by atoms with Crippen molar-refractivity contribution in [3.63, 3.8) is 0 Å². The molecule has 36 heavy (non-hydrogen) atoms. The van der Waals surface area contributed by atoms with E-state index in [1.165, 1.54) is 7.11 Å². The average molecular weight is 523 g/mol. The number of thioether (sulfide) groups is 1. The highest BCUT2D eigenvalue weighted by Crippen LogP contribution is 2.51. The molecule has 3 N–H and O–H groups in total. The van der Waals surface area contributed by atoms with Crippen molar-refractivity contribution < 1.29 is 19.1 Å². The number of esters is 1. The minimum absolute atomic E-state index is 0.0188. The molecule has 4 rings (SSSR count). The number of nitrogens with one attached hydrogen (secondary N) is 1. The fourth-order valence-corrected chi connectivity index (χ4v) is 5.88. The van der Waals surface area contributed by atoms with Gasteiger partial charge in [0.1, 0.15) is 11.1 Å². The Morgan fingerprint density at radius 1 is 1.25 bits per heavy atom. The number of ether oxygens (including phenoxy) is 1. The number of allylic oxidation sites excluding steroid dienone is 1. The smallest absolute Gasteiger partial charge is 0.307 e. The summed E-state index contributed by atoms with van der Waals surface area (Å²) in [5.74, 6) is -2.59. The number of halogens is 1. The van der Waals surface area contributed by atoms with Gasteiger partial charge in [-0.15, -0.1) is 0 Å². The third-order valence-corrected chi connectivity index (χ3v) is 7.69. The van der Waals surface area contributed by atoms with Crippen molar-refractivity contribution in [1.29, 1.82) is 5.26 Å². The molecule has 2 amide bonds. The van der Waals surface area contributed by atoms with Gasteiger partial charge < -0.3 is 15.8 Å². The summed E-state index contributed by atoms with van der Waals surface area (Å²) in [5, 5.41) is 12.8. The van der Waals surface area contributed by atoms with E-state index in [-0.39, 0.29) is 28.4 Å². The first-order valence-corrected chi connectivity index (χ1v) is 12.3. The first-order valence-electron chi connectivity index (χ1n) is 11.0. The van der Waals surface area contributed by atoms with E-state index in [9.17, 15) is 19.6 Å². The maximum atomic E-state index is 13.9. The van der Waals surface area contributed by atoms with Crippen LogP contribution in [0.5, 0.6) is 0 Å². The molecule has 2 atom stereocenters. The monoisotopic (exact) mass is 522 g/mol. The molecule has 1 saturated heterocycles. The SMILES string of the molecule is COC(=O)C[C@H]1SC2=C(C(=O)Nc3ccc(C)cc3C)[C@H](c3ccccc3Cl)C(C#N)=C(N)N2C1=O. The van der Waals surface area contributed by atoms with Crippen molar-refractivity contribution in [3.05, 3.63) is 86.2 Å². The highest BCUT2D eigenvalue weighted by molar-refractivity contribution is 8.04. The fourth-order valence-electron chi connectivity index (χ4n) is 4.31. The third kappa shape index (κ3) is 4.45. The summed E-state index contributed by atoms with van der Waals surface area (Å²) in [7, 11) is 1.23. The molecule has 10 heteroatoms. The first kappa shape index (κ1) is 25.4. The zero-order valence-electron chi connectivity index (χ0n) is 19.8. The van der Waals surface area contributed by atoms with E-state index in [4.69, 9.17) is 22.1 Å². The number of fused-ring (bicyclic) bond motifs is 1. The number of carbonyl (C=O) groups is 3. The van der Waals surface area contributed by atoms with Gasteiger partial charge in [0, 0.05) is 10.7 Å². The number of nitriles is 1. The van der Waals surface area contributed by atoms with Crippen LogP contribution in [0.1, 0.15) is 29.0 Å². The summed E-state index contributed by atoms with van der Waals surface area (Å²) in [6.07, 6.45) is -0.210. The molecule has 2 heterocycles. The number of hydrogen-bond donors (Lipinski definition) is 2. The van der Waals surface area contributed by atoms with Crippen molar-refractivity contribution in [3.8, 4) is 6.07 Å². The molecule has 0 aromatic heterocycles. The predicted octanol–water partition coefficient (Wildman–Crippen LogP) is 4.11. The number of benzene rings is 2. The van der Waals surface area contributed by atoms with Crippen molar-refractivity contribution >= 4 is 46.8 Å². The second-order valence-electron chi connectivity index (χ2n) is 8.42. The van der Waals surface area contributed by atoms with Crippen molar-refractivity contribution in [2.75, 3.05) is 12.4 Å². The minimum atomic E-state index is -0.919. The number of nitrogens with zero attached hydrogens (tertiary/aromatic N) is 2. The summed E-state index contributed by atoms with van der Waals surface area (Å²) in [6.45, 7) is 3.82. The third-order valence-electron chi connectivity index (χ3n) is 6.07. The molecule has 0 unspecified atom stereocenters. The molecule has 0 spiro atoms. The second-order valence-corrected chi connectivity index (χ2v) is 10.0. The van der Waals surface area contributed by atoms with Crippen LogP contribution in [0.3, 0.4) is 0 Å². The Bertz CT molecular complexity index is 1390. The van der Waals surface area contributed by atoms with Crippen LogP contribution in [0.4, 0.5) is 5.69 Å². The van der Waals surface area contributed by atoms with Gasteiger partial charge in [0.05, 0.1) is 41.7 Å². The van der Waals surface area contributed by atoms with Gasteiger partial charge in [-0.25, -0.2) is 0 Å². The number of carbonyl (C=O) groups excluding carboxylic acids is 3. The van der Waals surface area contributed by atoms with Gasteiger partial charge in [0.2, 0.25) is 5.91 Å². The van der Waals surface area contributed by atoms with Gasteiger partial charge in [0.25, 0.3) is 5.91 Å². The summed E-state index contributed by atoms with van der Waals surface area (Å²) >= 11 is 7.56. The number of nitrogens with two attached hydrogens (primary N) is 1. The highest BCUT2D eigenvalue weighted by atomic mass is 35.5. The number of hydrogen-bond acceptors (Lipinski definition) is 7. The summed E-state index contributed by atoms with van der Waals surface area (Å²) in [5.41, 5.74) is 9.50. The lowest BCUT2D eigenvalue weighted by atomic mass is 9.82. The Kier molecular flexibility index (Phi) is 7.11. The van der Waals surface area contributed by atoms with Crippen LogP contribution in [0.15, 0.2) is 64.5 Å². The Labute approximate surface area is 217 Å². The van der Waals surface area contributed by atoms with Gasteiger partial charge >= 0.3 is 5.97 Å². The van der Waals surface area contributed by atoms with Gasteiger partial charge in [-0.05, 0) is 37.1 Å². The van der Waals surface area contributed by atoms with E-state index in [1.54, 1.807) is 30.3 Å². The maximum Gasteiger partial charge on any atom is 0.307 e. The normalized spacial score (nSPS) is 19.2. The summed E-state index contributed by atoms with van der Waals surface area (Å²) < 4.78 is 4.73. The van der Waals surface area contributed by atoms with Gasteiger partial charge in [0.15, 0.2) is 0 Å². The van der Waals surface area contributed by atoms with Crippen LogP contribution in [-0.2, 0) is 19.1 Å². The molecule has 1 fully saturated rings. The molecule has 2 aliphatic rings. The van der Waals surface area contributed by atoms with E-state index in [0.29, 0.717) is 16.3 Å². The van der Waals surface area contributed by atoms with E-state index in [2.05, 4.69) is 11.4 Å². The Balaban J connectivity index is 1.90.